The van der Waals surface area contributed by atoms with Crippen molar-refractivity contribution < 1.29 is 9.13 Å². The van der Waals surface area contributed by atoms with E-state index in [0.717, 1.165) is 11.3 Å². The molecule has 0 saturated heterocycles. The van der Waals surface area contributed by atoms with Crippen LogP contribution >= 0.6 is 0 Å². The standard InChI is InChI=1S/C16H15FN2O/c1-19(11-12-5-3-6-13(9-12)20-2)16-8-4-7-15(17)14(16)10-18/h3-9H,11H2,1-2H3. The molecule has 0 radical (unpaired) electrons. The van der Waals surface area contributed by atoms with Gasteiger partial charge in [0.1, 0.15) is 23.2 Å². The molecular weight excluding hydrogens is 255 g/mol. The van der Waals surface area contributed by atoms with Gasteiger partial charge in [0.25, 0.3) is 0 Å². The van der Waals surface area contributed by atoms with Gasteiger partial charge in [-0.15, -0.1) is 0 Å². The molecule has 2 rings (SSSR count). The number of rotatable bonds is 4. The monoisotopic (exact) mass is 270 g/mol. The summed E-state index contributed by atoms with van der Waals surface area (Å²) in [6.45, 7) is 0.565. The molecule has 20 heavy (non-hydrogen) atoms. The summed E-state index contributed by atoms with van der Waals surface area (Å²) in [5.41, 5.74) is 1.67. The van der Waals surface area contributed by atoms with Gasteiger partial charge in [0, 0.05) is 13.6 Å². The van der Waals surface area contributed by atoms with Crippen LogP contribution in [0.25, 0.3) is 0 Å². The van der Waals surface area contributed by atoms with Crippen molar-refractivity contribution in [3.63, 3.8) is 0 Å². The minimum atomic E-state index is -0.498. The third-order valence-electron chi connectivity index (χ3n) is 3.07. The maximum atomic E-state index is 13.6. The number of halogens is 1. The molecule has 0 bridgehead atoms. The first-order chi connectivity index (χ1) is 9.65. The van der Waals surface area contributed by atoms with Gasteiger partial charge in [-0.25, -0.2) is 4.39 Å². The molecule has 0 aliphatic heterocycles. The Kier molecular flexibility index (Phi) is 4.21. The average Bonchev–Trinajstić information content (AvgIpc) is 2.47. The fourth-order valence-electron chi connectivity index (χ4n) is 2.07. The quantitative estimate of drug-likeness (QED) is 0.855. The number of ether oxygens (including phenoxy) is 1. The van der Waals surface area contributed by atoms with Crippen LogP contribution in [-0.2, 0) is 6.54 Å². The molecule has 2 aromatic carbocycles. The minimum absolute atomic E-state index is 0.0675. The zero-order valence-electron chi connectivity index (χ0n) is 11.4. The summed E-state index contributed by atoms with van der Waals surface area (Å²) in [5.74, 6) is 0.276. The van der Waals surface area contributed by atoms with E-state index in [1.165, 1.54) is 6.07 Å². The van der Waals surface area contributed by atoms with Crippen molar-refractivity contribution in [2.45, 2.75) is 6.54 Å². The third kappa shape index (κ3) is 2.89. The number of hydrogen-bond donors (Lipinski definition) is 0. The van der Waals surface area contributed by atoms with Gasteiger partial charge in [-0.2, -0.15) is 5.26 Å². The summed E-state index contributed by atoms with van der Waals surface area (Å²) in [6.07, 6.45) is 0. The lowest BCUT2D eigenvalue weighted by Gasteiger charge is -2.21. The zero-order valence-corrected chi connectivity index (χ0v) is 11.4. The van der Waals surface area contributed by atoms with Crippen LogP contribution in [0.4, 0.5) is 10.1 Å². The van der Waals surface area contributed by atoms with Gasteiger partial charge in [-0.3, -0.25) is 0 Å². The Morgan fingerprint density at radius 1 is 1.25 bits per heavy atom. The van der Waals surface area contributed by atoms with E-state index in [0.29, 0.717) is 12.2 Å². The summed E-state index contributed by atoms with van der Waals surface area (Å²) in [6, 6.07) is 14.2. The van der Waals surface area contributed by atoms with Gasteiger partial charge in [0.2, 0.25) is 0 Å². The zero-order chi connectivity index (χ0) is 14.5. The van der Waals surface area contributed by atoms with Crippen LogP contribution in [0.3, 0.4) is 0 Å². The largest absolute Gasteiger partial charge is 0.497 e. The van der Waals surface area contributed by atoms with Gasteiger partial charge in [0.15, 0.2) is 0 Å². The van der Waals surface area contributed by atoms with E-state index in [1.807, 2.05) is 42.3 Å². The van der Waals surface area contributed by atoms with Crippen LogP contribution < -0.4 is 9.64 Å². The van der Waals surface area contributed by atoms with Crippen LogP contribution in [0.15, 0.2) is 42.5 Å². The van der Waals surface area contributed by atoms with Crippen molar-refractivity contribution in [1.82, 2.24) is 0 Å². The normalized spacial score (nSPS) is 9.90. The average molecular weight is 270 g/mol. The van der Waals surface area contributed by atoms with E-state index in [9.17, 15) is 4.39 Å². The first-order valence-electron chi connectivity index (χ1n) is 6.18. The molecule has 0 saturated carbocycles. The molecule has 0 aliphatic carbocycles. The van der Waals surface area contributed by atoms with Crippen molar-refractivity contribution in [2.75, 3.05) is 19.1 Å². The second kappa shape index (κ2) is 6.07. The number of nitriles is 1. The Hall–Kier alpha value is -2.54. The van der Waals surface area contributed by atoms with Gasteiger partial charge in [-0.05, 0) is 29.8 Å². The molecule has 4 heteroatoms. The first-order valence-corrected chi connectivity index (χ1v) is 6.18. The minimum Gasteiger partial charge on any atom is -0.497 e. The summed E-state index contributed by atoms with van der Waals surface area (Å²) in [5, 5.41) is 9.06. The Morgan fingerprint density at radius 3 is 2.70 bits per heavy atom. The lowest BCUT2D eigenvalue weighted by Crippen LogP contribution is -2.18. The van der Waals surface area contributed by atoms with Crippen molar-refractivity contribution in [2.24, 2.45) is 0 Å². The number of anilines is 1. The van der Waals surface area contributed by atoms with Crippen LogP contribution in [0, 0.1) is 17.1 Å². The van der Waals surface area contributed by atoms with Crippen LogP contribution in [0.1, 0.15) is 11.1 Å². The number of nitrogens with zero attached hydrogens (tertiary/aromatic N) is 2. The maximum absolute atomic E-state index is 13.6. The summed E-state index contributed by atoms with van der Waals surface area (Å²) < 4.78 is 18.8. The summed E-state index contributed by atoms with van der Waals surface area (Å²) >= 11 is 0. The smallest absolute Gasteiger partial charge is 0.143 e. The SMILES string of the molecule is COc1cccc(CN(C)c2cccc(F)c2C#N)c1. The number of benzene rings is 2. The van der Waals surface area contributed by atoms with Gasteiger partial charge < -0.3 is 9.64 Å². The van der Waals surface area contributed by atoms with E-state index >= 15 is 0 Å². The molecular formula is C16H15FN2O. The molecule has 102 valence electrons. The highest BCUT2D eigenvalue weighted by molar-refractivity contribution is 5.59. The Labute approximate surface area is 117 Å². The van der Waals surface area contributed by atoms with Crippen molar-refractivity contribution >= 4 is 5.69 Å². The highest BCUT2D eigenvalue weighted by Gasteiger charge is 2.12. The van der Waals surface area contributed by atoms with Crippen molar-refractivity contribution in [3.05, 3.63) is 59.4 Å². The molecule has 0 N–H and O–H groups in total. The molecule has 0 aromatic heterocycles. The van der Waals surface area contributed by atoms with Gasteiger partial charge in [0.05, 0.1) is 12.8 Å². The molecule has 0 aliphatic rings. The van der Waals surface area contributed by atoms with E-state index in [-0.39, 0.29) is 5.56 Å². The first kappa shape index (κ1) is 13.9. The predicted molar refractivity (Wildman–Crippen MR) is 76.2 cm³/mol. The van der Waals surface area contributed by atoms with Crippen LogP contribution in [0.2, 0.25) is 0 Å². The molecule has 0 atom stereocenters. The Morgan fingerprint density at radius 2 is 2.00 bits per heavy atom. The molecule has 0 unspecified atom stereocenters. The fourth-order valence-corrected chi connectivity index (χ4v) is 2.07. The highest BCUT2D eigenvalue weighted by Crippen LogP contribution is 2.23. The number of methoxy groups -OCH3 is 1. The number of hydrogen-bond acceptors (Lipinski definition) is 3. The van der Waals surface area contributed by atoms with E-state index in [1.54, 1.807) is 19.2 Å². The molecule has 0 heterocycles. The van der Waals surface area contributed by atoms with Crippen molar-refractivity contribution in [3.8, 4) is 11.8 Å². The van der Waals surface area contributed by atoms with E-state index in [4.69, 9.17) is 10.00 Å². The fraction of sp³-hybridized carbons (Fsp3) is 0.188. The Bertz CT molecular complexity index is 649. The van der Waals surface area contributed by atoms with Crippen LogP contribution in [0.5, 0.6) is 5.75 Å². The third-order valence-corrected chi connectivity index (χ3v) is 3.07. The molecule has 2 aromatic rings. The molecule has 0 spiro atoms. The molecule has 3 nitrogen and oxygen atoms in total. The van der Waals surface area contributed by atoms with Gasteiger partial charge >= 0.3 is 0 Å². The van der Waals surface area contributed by atoms with Gasteiger partial charge in [-0.1, -0.05) is 18.2 Å². The second-order valence-electron chi connectivity index (χ2n) is 4.45. The molecule has 0 amide bonds. The van der Waals surface area contributed by atoms with Crippen molar-refractivity contribution in [1.29, 1.82) is 5.26 Å². The lowest BCUT2D eigenvalue weighted by molar-refractivity contribution is 0.414. The predicted octanol–water partition coefficient (Wildman–Crippen LogP) is 3.34. The summed E-state index contributed by atoms with van der Waals surface area (Å²) in [7, 11) is 3.44. The Balaban J connectivity index is 2.26. The topological polar surface area (TPSA) is 36.3 Å². The van der Waals surface area contributed by atoms with E-state index in [2.05, 4.69) is 0 Å². The van der Waals surface area contributed by atoms with Crippen LogP contribution in [-0.4, -0.2) is 14.2 Å². The maximum Gasteiger partial charge on any atom is 0.143 e. The van der Waals surface area contributed by atoms with E-state index < -0.39 is 5.82 Å². The summed E-state index contributed by atoms with van der Waals surface area (Å²) in [4.78, 5) is 1.84. The second-order valence-corrected chi connectivity index (χ2v) is 4.45. The molecule has 0 fully saturated rings. The lowest BCUT2D eigenvalue weighted by atomic mass is 10.1. The highest BCUT2D eigenvalue weighted by atomic mass is 19.1.